The van der Waals surface area contributed by atoms with Gasteiger partial charge < -0.3 is 18.9 Å². The van der Waals surface area contributed by atoms with Crippen molar-refractivity contribution in [1.82, 2.24) is 9.36 Å². The second-order valence-corrected chi connectivity index (χ2v) is 9.14. The molecule has 11 heteroatoms. The van der Waals surface area contributed by atoms with Gasteiger partial charge in [-0.3, -0.25) is 10.1 Å². The van der Waals surface area contributed by atoms with Crippen LogP contribution in [0.25, 0.3) is 6.08 Å². The number of aromatic nitrogens is 2. The number of amides is 1. The number of methoxy groups -OCH3 is 2. The van der Waals surface area contributed by atoms with Gasteiger partial charge in [0.25, 0.3) is 5.91 Å². The van der Waals surface area contributed by atoms with Gasteiger partial charge >= 0.3 is 0 Å². The molecule has 2 aromatic carbocycles. The van der Waals surface area contributed by atoms with Crippen molar-refractivity contribution in [3.8, 4) is 29.1 Å². The molecule has 0 spiro atoms. The molecule has 3 aromatic rings. The Morgan fingerprint density at radius 2 is 1.83 bits per heavy atom. The van der Waals surface area contributed by atoms with Crippen LogP contribution in [0, 0.1) is 18.3 Å². The lowest BCUT2D eigenvalue weighted by Gasteiger charge is -2.16. The van der Waals surface area contributed by atoms with E-state index in [0.717, 1.165) is 28.6 Å². The van der Waals surface area contributed by atoms with Crippen molar-refractivity contribution in [1.29, 1.82) is 5.26 Å². The molecule has 0 saturated carbocycles. The number of aryl methyl sites for hydroxylation is 1. The number of para-hydroxylation sites is 1. The second kappa shape index (κ2) is 13.4. The number of ether oxygens (including phenoxy) is 4. The molecule has 0 aliphatic heterocycles. The number of anilines is 1. The number of nitrogens with one attached hydrogen (secondary N) is 1. The fourth-order valence-electron chi connectivity index (χ4n) is 3.07. The quantitative estimate of drug-likeness (QED) is 0.151. The van der Waals surface area contributed by atoms with Gasteiger partial charge in [-0.05, 0) is 48.1 Å². The van der Waals surface area contributed by atoms with Crippen molar-refractivity contribution in [2.75, 3.05) is 38.5 Å². The topological polar surface area (TPSA) is 116 Å². The maximum Gasteiger partial charge on any atom is 0.268 e. The first kappa shape index (κ1) is 26.8. The normalized spacial score (nSPS) is 10.9. The lowest BCUT2D eigenvalue weighted by atomic mass is 10.1. The SMILES string of the molecule is CCSc1nsc(NC(=O)C(C#N)=Cc2cc(OC)c(OCCOc3ccccc3C)c(OC)c2)n1. The van der Waals surface area contributed by atoms with E-state index in [1.165, 1.54) is 32.1 Å². The van der Waals surface area contributed by atoms with E-state index >= 15 is 0 Å². The second-order valence-electron chi connectivity index (χ2n) is 7.16. The molecule has 188 valence electrons. The van der Waals surface area contributed by atoms with Gasteiger partial charge in [-0.2, -0.15) is 14.6 Å². The standard InChI is InChI=1S/C25H26N4O5S2/c1-5-35-25-28-24(36-29-25)27-23(30)18(15-26)12-17-13-20(31-3)22(21(14-17)32-4)34-11-10-33-19-9-7-6-8-16(19)2/h6-9,12-14H,5,10-11H2,1-4H3,(H,27,28,29,30). The van der Waals surface area contributed by atoms with Gasteiger partial charge in [-0.15, -0.1) is 0 Å². The van der Waals surface area contributed by atoms with Gasteiger partial charge in [0, 0.05) is 11.5 Å². The van der Waals surface area contributed by atoms with Gasteiger partial charge in [0.05, 0.1) is 14.2 Å². The number of carbonyl (C=O) groups excluding carboxylic acids is 1. The molecule has 0 aliphatic carbocycles. The van der Waals surface area contributed by atoms with Crippen molar-refractivity contribution in [3.63, 3.8) is 0 Å². The van der Waals surface area contributed by atoms with Crippen LogP contribution in [0.15, 0.2) is 47.1 Å². The molecular formula is C25H26N4O5S2. The summed E-state index contributed by atoms with van der Waals surface area (Å²) >= 11 is 2.52. The summed E-state index contributed by atoms with van der Waals surface area (Å²) < 4.78 is 26.8. The van der Waals surface area contributed by atoms with E-state index in [1.807, 2.05) is 44.2 Å². The Labute approximate surface area is 218 Å². The molecule has 0 aliphatic rings. The molecule has 0 saturated heterocycles. The van der Waals surface area contributed by atoms with E-state index in [2.05, 4.69) is 14.7 Å². The highest BCUT2D eigenvalue weighted by molar-refractivity contribution is 7.99. The van der Waals surface area contributed by atoms with E-state index in [-0.39, 0.29) is 12.2 Å². The van der Waals surface area contributed by atoms with Crippen LogP contribution < -0.4 is 24.3 Å². The van der Waals surface area contributed by atoms with Crippen LogP contribution in [0.2, 0.25) is 0 Å². The zero-order chi connectivity index (χ0) is 25.9. The van der Waals surface area contributed by atoms with Crippen molar-refractivity contribution in [3.05, 3.63) is 53.1 Å². The summed E-state index contributed by atoms with van der Waals surface area (Å²) in [5.41, 5.74) is 1.45. The van der Waals surface area contributed by atoms with E-state index in [9.17, 15) is 10.1 Å². The summed E-state index contributed by atoms with van der Waals surface area (Å²) in [5, 5.41) is 13.1. The molecule has 9 nitrogen and oxygen atoms in total. The van der Waals surface area contributed by atoms with Gasteiger partial charge in [0.15, 0.2) is 11.5 Å². The maximum absolute atomic E-state index is 12.6. The van der Waals surface area contributed by atoms with Crippen LogP contribution in [0.4, 0.5) is 5.13 Å². The number of hydrogen-bond acceptors (Lipinski definition) is 10. The maximum atomic E-state index is 12.6. The molecule has 1 amide bonds. The third-order valence-electron chi connectivity index (χ3n) is 4.74. The smallest absolute Gasteiger partial charge is 0.268 e. The number of nitriles is 1. The summed E-state index contributed by atoms with van der Waals surface area (Å²) in [6.07, 6.45) is 1.44. The summed E-state index contributed by atoms with van der Waals surface area (Å²) in [6, 6.07) is 13.0. The summed E-state index contributed by atoms with van der Waals surface area (Å²) in [5.74, 6) is 2.18. The van der Waals surface area contributed by atoms with Crippen LogP contribution in [-0.4, -0.2) is 48.5 Å². The molecule has 0 fully saturated rings. The van der Waals surface area contributed by atoms with Crippen LogP contribution in [-0.2, 0) is 4.79 Å². The Morgan fingerprint density at radius 1 is 1.14 bits per heavy atom. The lowest BCUT2D eigenvalue weighted by Crippen LogP contribution is -2.13. The number of nitrogens with zero attached hydrogens (tertiary/aromatic N) is 3. The minimum Gasteiger partial charge on any atom is -0.493 e. The first-order valence-electron chi connectivity index (χ1n) is 11.0. The largest absolute Gasteiger partial charge is 0.493 e. The Kier molecular flexibility index (Phi) is 9.97. The number of thioether (sulfide) groups is 1. The minimum absolute atomic E-state index is 0.112. The fraction of sp³-hybridized carbons (Fsp3) is 0.280. The summed E-state index contributed by atoms with van der Waals surface area (Å²) in [7, 11) is 3.00. The summed E-state index contributed by atoms with van der Waals surface area (Å²) in [6.45, 7) is 4.53. The van der Waals surface area contributed by atoms with Crippen molar-refractivity contribution in [2.24, 2.45) is 0 Å². The number of hydrogen-bond donors (Lipinski definition) is 1. The third kappa shape index (κ3) is 7.13. The van der Waals surface area contributed by atoms with E-state index in [0.29, 0.717) is 39.7 Å². The molecule has 0 unspecified atom stereocenters. The van der Waals surface area contributed by atoms with Gasteiger partial charge in [-0.25, -0.2) is 0 Å². The van der Waals surface area contributed by atoms with Gasteiger partial charge in [0.1, 0.15) is 30.6 Å². The molecule has 3 rings (SSSR count). The lowest BCUT2D eigenvalue weighted by molar-refractivity contribution is -0.112. The van der Waals surface area contributed by atoms with Crippen LogP contribution in [0.5, 0.6) is 23.0 Å². The van der Waals surface area contributed by atoms with E-state index in [1.54, 1.807) is 12.1 Å². The molecule has 36 heavy (non-hydrogen) atoms. The monoisotopic (exact) mass is 526 g/mol. The van der Waals surface area contributed by atoms with Gasteiger partial charge in [0.2, 0.25) is 16.0 Å². The Bertz CT molecular complexity index is 1240. The Hall–Kier alpha value is -3.75. The fourth-order valence-corrected chi connectivity index (χ4v) is 4.33. The molecule has 0 atom stereocenters. The van der Waals surface area contributed by atoms with Crippen molar-refractivity contribution in [2.45, 2.75) is 19.0 Å². The Balaban J connectivity index is 1.73. The molecular weight excluding hydrogens is 500 g/mol. The number of rotatable bonds is 12. The highest BCUT2D eigenvalue weighted by Crippen LogP contribution is 2.39. The van der Waals surface area contributed by atoms with Gasteiger partial charge in [-0.1, -0.05) is 36.9 Å². The van der Waals surface area contributed by atoms with E-state index < -0.39 is 5.91 Å². The van der Waals surface area contributed by atoms with E-state index in [4.69, 9.17) is 18.9 Å². The highest BCUT2D eigenvalue weighted by Gasteiger charge is 2.17. The summed E-state index contributed by atoms with van der Waals surface area (Å²) in [4.78, 5) is 16.9. The molecule has 0 bridgehead atoms. The van der Waals surface area contributed by atoms with Crippen molar-refractivity contribution >= 4 is 40.4 Å². The predicted molar refractivity (Wildman–Crippen MR) is 140 cm³/mol. The average molecular weight is 527 g/mol. The molecule has 1 N–H and O–H groups in total. The zero-order valence-corrected chi connectivity index (χ0v) is 22.0. The third-order valence-corrected chi connectivity index (χ3v) is 6.22. The Morgan fingerprint density at radius 3 is 2.47 bits per heavy atom. The average Bonchev–Trinajstić information content (AvgIpc) is 3.32. The highest BCUT2D eigenvalue weighted by atomic mass is 32.2. The first-order valence-corrected chi connectivity index (χ1v) is 12.7. The molecule has 1 aromatic heterocycles. The van der Waals surface area contributed by atoms with Crippen LogP contribution in [0.1, 0.15) is 18.1 Å². The minimum atomic E-state index is -0.590. The first-order chi connectivity index (χ1) is 17.5. The van der Waals surface area contributed by atoms with Crippen molar-refractivity contribution < 1.29 is 23.7 Å². The zero-order valence-electron chi connectivity index (χ0n) is 20.4. The van der Waals surface area contributed by atoms with Crippen LogP contribution in [0.3, 0.4) is 0 Å². The molecule has 0 radical (unpaired) electrons. The number of benzene rings is 2. The predicted octanol–water partition coefficient (Wildman–Crippen LogP) is 4.98. The number of carbonyl (C=O) groups is 1. The van der Waals surface area contributed by atoms with Crippen LogP contribution >= 0.6 is 23.3 Å². The molecule has 1 heterocycles.